The Morgan fingerprint density at radius 2 is 0.493 bits per heavy atom. The molecule has 6 heteroatoms. The Bertz CT molecular complexity index is 1160. The van der Waals surface area contributed by atoms with E-state index >= 15 is 0 Å². The van der Waals surface area contributed by atoms with Crippen LogP contribution in [-0.2, 0) is 28.6 Å². The highest BCUT2D eigenvalue weighted by atomic mass is 16.6. The van der Waals surface area contributed by atoms with Crippen molar-refractivity contribution >= 4 is 17.9 Å². The van der Waals surface area contributed by atoms with Gasteiger partial charge in [0.2, 0.25) is 0 Å². The number of ether oxygens (including phenoxy) is 3. The number of unbranched alkanes of at least 4 members (excludes halogenated alkanes) is 39. The molecule has 0 heterocycles. The lowest BCUT2D eigenvalue weighted by Gasteiger charge is -2.18. The largest absolute Gasteiger partial charge is 0.462 e. The molecule has 0 saturated carbocycles. The molecule has 0 rings (SSSR count). The first-order valence-corrected chi connectivity index (χ1v) is 30.5. The minimum Gasteiger partial charge on any atom is -0.462 e. The lowest BCUT2D eigenvalue weighted by molar-refractivity contribution is -0.167. The van der Waals surface area contributed by atoms with E-state index in [-0.39, 0.29) is 31.1 Å². The molecule has 0 radical (unpaired) electrons. The molecule has 0 aromatic heterocycles. The zero-order valence-electron chi connectivity index (χ0n) is 46.3. The Kier molecular flexibility index (Phi) is 56.2. The average Bonchev–Trinajstić information content (AvgIpc) is 3.35. The number of hydrogen-bond donors (Lipinski definition) is 0. The zero-order chi connectivity index (χ0) is 50.0. The van der Waals surface area contributed by atoms with E-state index in [0.29, 0.717) is 19.3 Å². The molecule has 0 aromatic carbocycles. The quantitative estimate of drug-likeness (QED) is 0.0261. The molecule has 404 valence electrons. The van der Waals surface area contributed by atoms with Gasteiger partial charge in [0, 0.05) is 19.3 Å². The number of rotatable bonds is 56. The Balaban J connectivity index is 4.14. The molecule has 0 aliphatic heterocycles. The standard InChI is InChI=1S/C63H116O6/c1-4-7-10-13-16-19-22-24-25-26-27-28-29-30-31-32-33-34-35-36-37-39-41-44-47-50-53-56-62(65)68-59-60(58-67-61(64)55-52-49-46-43-40-21-18-15-12-9-6-3)69-63(66)57-54-51-48-45-42-38-23-20-17-14-11-8-5-2/h15,18,20,23,26-27,60H,4-14,16-17,19,21-22,24-25,28-59H2,1-3H3/b18-15-,23-20-,27-26-. The summed E-state index contributed by atoms with van der Waals surface area (Å²) in [6.07, 6.45) is 70.2. The fourth-order valence-electron chi connectivity index (χ4n) is 8.94. The highest BCUT2D eigenvalue weighted by Gasteiger charge is 2.19. The van der Waals surface area contributed by atoms with Gasteiger partial charge in [0.15, 0.2) is 6.10 Å². The van der Waals surface area contributed by atoms with Crippen molar-refractivity contribution in [1.82, 2.24) is 0 Å². The molecule has 1 atom stereocenters. The summed E-state index contributed by atoms with van der Waals surface area (Å²) in [5.74, 6) is -0.879. The van der Waals surface area contributed by atoms with E-state index < -0.39 is 6.10 Å². The number of carbonyl (C=O) groups is 3. The number of hydrogen-bond acceptors (Lipinski definition) is 6. The highest BCUT2D eigenvalue weighted by Crippen LogP contribution is 2.17. The maximum atomic E-state index is 12.8. The van der Waals surface area contributed by atoms with E-state index in [1.807, 2.05) is 0 Å². The second-order valence-electron chi connectivity index (χ2n) is 20.6. The summed E-state index contributed by atoms with van der Waals surface area (Å²) in [4.78, 5) is 38.1. The minimum atomic E-state index is -0.777. The van der Waals surface area contributed by atoms with Crippen LogP contribution in [0.1, 0.15) is 329 Å². The van der Waals surface area contributed by atoms with Crippen LogP contribution in [0.25, 0.3) is 0 Å². The van der Waals surface area contributed by atoms with Crippen molar-refractivity contribution < 1.29 is 28.6 Å². The second kappa shape index (κ2) is 58.2. The number of esters is 3. The molecule has 6 nitrogen and oxygen atoms in total. The van der Waals surface area contributed by atoms with E-state index in [9.17, 15) is 14.4 Å². The first-order chi connectivity index (χ1) is 34.0. The van der Waals surface area contributed by atoms with Crippen LogP contribution >= 0.6 is 0 Å². The molecular formula is C63H116O6. The van der Waals surface area contributed by atoms with Crippen LogP contribution in [0.15, 0.2) is 36.5 Å². The normalized spacial score (nSPS) is 12.2. The summed E-state index contributed by atoms with van der Waals surface area (Å²) in [6.45, 7) is 6.61. The van der Waals surface area contributed by atoms with Crippen molar-refractivity contribution in [2.75, 3.05) is 13.2 Å². The summed E-state index contributed by atoms with van der Waals surface area (Å²) in [5, 5.41) is 0. The molecule has 0 spiro atoms. The van der Waals surface area contributed by atoms with Gasteiger partial charge in [0.25, 0.3) is 0 Å². The molecule has 0 saturated heterocycles. The maximum Gasteiger partial charge on any atom is 0.306 e. The monoisotopic (exact) mass is 969 g/mol. The third-order valence-corrected chi connectivity index (χ3v) is 13.6. The predicted molar refractivity (Wildman–Crippen MR) is 298 cm³/mol. The summed E-state index contributed by atoms with van der Waals surface area (Å²) in [6, 6.07) is 0. The first-order valence-electron chi connectivity index (χ1n) is 30.5. The smallest absolute Gasteiger partial charge is 0.306 e. The topological polar surface area (TPSA) is 78.9 Å². The van der Waals surface area contributed by atoms with Crippen LogP contribution in [0, 0.1) is 0 Å². The maximum absolute atomic E-state index is 12.8. The number of allylic oxidation sites excluding steroid dienone is 6. The Morgan fingerprint density at radius 3 is 0.783 bits per heavy atom. The van der Waals surface area contributed by atoms with Crippen molar-refractivity contribution in [1.29, 1.82) is 0 Å². The zero-order valence-corrected chi connectivity index (χ0v) is 46.3. The van der Waals surface area contributed by atoms with Crippen LogP contribution in [-0.4, -0.2) is 37.2 Å². The SMILES string of the molecule is CCCC/C=C\CCCCCCCC(=O)OCC(COC(=O)CCCCCCCCCCCCCCCCC/C=C\CCCCCCCCCC)OC(=O)CCCCCCC/C=C\CCCCCC. The van der Waals surface area contributed by atoms with Gasteiger partial charge in [-0.15, -0.1) is 0 Å². The number of carbonyl (C=O) groups excluding carboxylic acids is 3. The van der Waals surface area contributed by atoms with E-state index in [0.717, 1.165) is 70.6 Å². The molecule has 1 unspecified atom stereocenters. The minimum absolute atomic E-state index is 0.0752. The lowest BCUT2D eigenvalue weighted by Crippen LogP contribution is -2.30. The van der Waals surface area contributed by atoms with Crippen LogP contribution in [0.3, 0.4) is 0 Å². The van der Waals surface area contributed by atoms with Gasteiger partial charge in [-0.2, -0.15) is 0 Å². The Labute approximate surface area is 429 Å². The van der Waals surface area contributed by atoms with Crippen molar-refractivity contribution in [2.45, 2.75) is 335 Å². The summed E-state index contributed by atoms with van der Waals surface area (Å²) < 4.78 is 16.8. The third kappa shape index (κ3) is 56.4. The average molecular weight is 970 g/mol. The van der Waals surface area contributed by atoms with Crippen LogP contribution in [0.2, 0.25) is 0 Å². The van der Waals surface area contributed by atoms with Crippen molar-refractivity contribution in [3.05, 3.63) is 36.5 Å². The van der Waals surface area contributed by atoms with Crippen molar-refractivity contribution in [2.24, 2.45) is 0 Å². The predicted octanol–water partition coefficient (Wildman–Crippen LogP) is 20.4. The Morgan fingerprint density at radius 1 is 0.275 bits per heavy atom. The summed E-state index contributed by atoms with van der Waals surface area (Å²) >= 11 is 0. The van der Waals surface area contributed by atoms with Gasteiger partial charge in [-0.05, 0) is 89.9 Å². The van der Waals surface area contributed by atoms with Gasteiger partial charge in [-0.3, -0.25) is 14.4 Å². The van der Waals surface area contributed by atoms with E-state index in [1.54, 1.807) is 0 Å². The summed E-state index contributed by atoms with van der Waals surface area (Å²) in [7, 11) is 0. The van der Waals surface area contributed by atoms with E-state index in [2.05, 4.69) is 57.2 Å². The fraction of sp³-hybridized carbons (Fsp3) is 0.857. The van der Waals surface area contributed by atoms with Crippen molar-refractivity contribution in [3.63, 3.8) is 0 Å². The van der Waals surface area contributed by atoms with E-state index in [4.69, 9.17) is 14.2 Å². The molecule has 0 aliphatic rings. The van der Waals surface area contributed by atoms with Gasteiger partial charge in [0.1, 0.15) is 13.2 Å². The Hall–Kier alpha value is -2.37. The second-order valence-corrected chi connectivity index (χ2v) is 20.6. The van der Waals surface area contributed by atoms with Crippen LogP contribution < -0.4 is 0 Å². The van der Waals surface area contributed by atoms with Gasteiger partial charge in [-0.25, -0.2) is 0 Å². The molecule has 0 aromatic rings. The van der Waals surface area contributed by atoms with Gasteiger partial charge in [0.05, 0.1) is 0 Å². The molecule has 0 aliphatic carbocycles. The molecule has 0 bridgehead atoms. The van der Waals surface area contributed by atoms with Crippen LogP contribution in [0.4, 0.5) is 0 Å². The van der Waals surface area contributed by atoms with E-state index in [1.165, 1.54) is 218 Å². The fourth-order valence-corrected chi connectivity index (χ4v) is 8.94. The molecule has 69 heavy (non-hydrogen) atoms. The van der Waals surface area contributed by atoms with Crippen molar-refractivity contribution in [3.8, 4) is 0 Å². The van der Waals surface area contributed by atoms with Crippen LogP contribution in [0.5, 0.6) is 0 Å². The first kappa shape index (κ1) is 66.6. The molecular weight excluding hydrogens is 853 g/mol. The lowest BCUT2D eigenvalue weighted by atomic mass is 10.0. The third-order valence-electron chi connectivity index (χ3n) is 13.6. The molecule has 0 amide bonds. The van der Waals surface area contributed by atoms with Gasteiger partial charge >= 0.3 is 17.9 Å². The summed E-state index contributed by atoms with van der Waals surface area (Å²) in [5.41, 5.74) is 0. The highest BCUT2D eigenvalue weighted by molar-refractivity contribution is 5.71. The van der Waals surface area contributed by atoms with Gasteiger partial charge < -0.3 is 14.2 Å². The van der Waals surface area contributed by atoms with Gasteiger partial charge in [-0.1, -0.05) is 256 Å². The molecule has 0 N–H and O–H groups in total. The molecule has 0 fully saturated rings.